The van der Waals surface area contributed by atoms with Crippen LogP contribution in [0.4, 0.5) is 11.4 Å². The Balaban J connectivity index is 1.74. The lowest BCUT2D eigenvalue weighted by atomic mass is 10.1. The number of rotatable bonds is 8. The van der Waals surface area contributed by atoms with Gasteiger partial charge in [-0.2, -0.15) is 0 Å². The lowest BCUT2D eigenvalue weighted by molar-refractivity contribution is 0.102. The maximum Gasteiger partial charge on any atom is 0.255 e. The third kappa shape index (κ3) is 5.61. The molecule has 7 heteroatoms. The van der Waals surface area contributed by atoms with E-state index in [9.17, 15) is 13.2 Å². The van der Waals surface area contributed by atoms with Crippen molar-refractivity contribution in [1.82, 2.24) is 0 Å². The van der Waals surface area contributed by atoms with E-state index in [1.54, 1.807) is 48.5 Å². The Morgan fingerprint density at radius 1 is 0.933 bits per heavy atom. The predicted octanol–water partition coefficient (Wildman–Crippen LogP) is 4.30. The largest absolute Gasteiger partial charge is 0.494 e. The fraction of sp³-hybridized carbons (Fsp3) is 0.174. The molecule has 3 aromatic rings. The van der Waals surface area contributed by atoms with Gasteiger partial charge in [0, 0.05) is 11.3 Å². The number of anilines is 2. The number of carbonyl (C=O) groups is 1. The second-order valence-electron chi connectivity index (χ2n) is 6.71. The summed E-state index contributed by atoms with van der Waals surface area (Å²) < 4.78 is 31.4. The second kappa shape index (κ2) is 9.45. The molecule has 0 saturated carbocycles. The van der Waals surface area contributed by atoms with Crippen LogP contribution in [0.1, 0.15) is 22.8 Å². The number of sulfonamides is 1. The van der Waals surface area contributed by atoms with Crippen LogP contribution in [-0.2, 0) is 16.6 Å². The number of amides is 1. The van der Waals surface area contributed by atoms with Crippen molar-refractivity contribution in [2.75, 3.05) is 22.5 Å². The van der Waals surface area contributed by atoms with Gasteiger partial charge in [0.05, 0.1) is 25.1 Å². The molecule has 0 spiro atoms. The minimum atomic E-state index is -3.50. The SMILES string of the molecule is CCOc1ccc(N(Cc2ccc(C(=O)Nc3ccccc3)cc2)S(C)(=O)=O)cc1. The first-order valence-corrected chi connectivity index (χ1v) is 11.4. The number of hydrogen-bond acceptors (Lipinski definition) is 4. The van der Waals surface area contributed by atoms with Gasteiger partial charge in [-0.3, -0.25) is 9.10 Å². The molecule has 0 bridgehead atoms. The Kier molecular flexibility index (Phi) is 6.74. The van der Waals surface area contributed by atoms with Crippen molar-refractivity contribution in [2.24, 2.45) is 0 Å². The van der Waals surface area contributed by atoms with Crippen molar-refractivity contribution in [1.29, 1.82) is 0 Å². The van der Waals surface area contributed by atoms with Gasteiger partial charge in [0.15, 0.2) is 0 Å². The highest BCUT2D eigenvalue weighted by Gasteiger charge is 2.18. The second-order valence-corrected chi connectivity index (χ2v) is 8.62. The number of ether oxygens (including phenoxy) is 1. The lowest BCUT2D eigenvalue weighted by Crippen LogP contribution is -2.29. The van der Waals surface area contributed by atoms with E-state index < -0.39 is 10.0 Å². The van der Waals surface area contributed by atoms with Crippen molar-refractivity contribution < 1.29 is 17.9 Å². The number of nitrogens with one attached hydrogen (secondary N) is 1. The predicted molar refractivity (Wildman–Crippen MR) is 119 cm³/mol. The number of benzene rings is 3. The third-order valence-corrected chi connectivity index (χ3v) is 5.55. The number of nitrogens with zero attached hydrogens (tertiary/aromatic N) is 1. The molecule has 0 aliphatic carbocycles. The number of hydrogen-bond donors (Lipinski definition) is 1. The van der Waals surface area contributed by atoms with Crippen LogP contribution in [0, 0.1) is 0 Å². The Hall–Kier alpha value is -3.32. The summed E-state index contributed by atoms with van der Waals surface area (Å²) in [6.07, 6.45) is 1.17. The average Bonchev–Trinajstić information content (AvgIpc) is 2.73. The van der Waals surface area contributed by atoms with E-state index in [2.05, 4.69) is 5.32 Å². The van der Waals surface area contributed by atoms with E-state index in [1.807, 2.05) is 37.3 Å². The molecule has 0 atom stereocenters. The summed E-state index contributed by atoms with van der Waals surface area (Å²) in [4.78, 5) is 12.4. The fourth-order valence-electron chi connectivity index (χ4n) is 2.93. The van der Waals surface area contributed by atoms with Gasteiger partial charge in [-0.25, -0.2) is 8.42 Å². The maximum absolute atomic E-state index is 12.4. The smallest absolute Gasteiger partial charge is 0.255 e. The Labute approximate surface area is 177 Å². The van der Waals surface area contributed by atoms with Crippen molar-refractivity contribution in [3.05, 3.63) is 90.0 Å². The quantitative estimate of drug-likeness (QED) is 0.585. The van der Waals surface area contributed by atoms with Gasteiger partial charge in [0.2, 0.25) is 10.0 Å². The lowest BCUT2D eigenvalue weighted by Gasteiger charge is -2.23. The summed E-state index contributed by atoms with van der Waals surface area (Å²) in [5.41, 5.74) is 2.53. The molecule has 1 N–H and O–H groups in total. The van der Waals surface area contributed by atoms with E-state index in [4.69, 9.17) is 4.74 Å². The molecule has 0 aromatic heterocycles. The van der Waals surface area contributed by atoms with Crippen LogP contribution in [-0.4, -0.2) is 27.2 Å². The van der Waals surface area contributed by atoms with Gasteiger partial charge in [0.25, 0.3) is 5.91 Å². The molecule has 30 heavy (non-hydrogen) atoms. The van der Waals surface area contributed by atoms with Crippen LogP contribution >= 0.6 is 0 Å². The highest BCUT2D eigenvalue weighted by atomic mass is 32.2. The van der Waals surface area contributed by atoms with Gasteiger partial charge < -0.3 is 10.1 Å². The topological polar surface area (TPSA) is 75.7 Å². The normalized spacial score (nSPS) is 11.0. The molecule has 1 amide bonds. The van der Waals surface area contributed by atoms with E-state index in [-0.39, 0.29) is 12.5 Å². The molecule has 0 fully saturated rings. The Morgan fingerprint density at radius 3 is 2.13 bits per heavy atom. The molecule has 6 nitrogen and oxygen atoms in total. The van der Waals surface area contributed by atoms with Crippen molar-refractivity contribution >= 4 is 27.3 Å². The summed E-state index contributed by atoms with van der Waals surface area (Å²) in [6, 6.07) is 23.0. The number of para-hydroxylation sites is 1. The zero-order chi connectivity index (χ0) is 21.6. The van der Waals surface area contributed by atoms with E-state index in [0.717, 1.165) is 5.56 Å². The van der Waals surface area contributed by atoms with Crippen molar-refractivity contribution in [3.63, 3.8) is 0 Å². The van der Waals surface area contributed by atoms with Gasteiger partial charge in [-0.15, -0.1) is 0 Å². The van der Waals surface area contributed by atoms with Gasteiger partial charge in [-0.1, -0.05) is 30.3 Å². The summed E-state index contributed by atoms with van der Waals surface area (Å²) in [6.45, 7) is 2.59. The van der Waals surface area contributed by atoms with Crippen LogP contribution in [0.5, 0.6) is 5.75 Å². The molecular weight excluding hydrogens is 400 g/mol. The Bertz CT molecular complexity index is 1080. The van der Waals surface area contributed by atoms with Crippen LogP contribution < -0.4 is 14.4 Å². The van der Waals surface area contributed by atoms with E-state index >= 15 is 0 Å². The van der Waals surface area contributed by atoms with Crippen LogP contribution in [0.25, 0.3) is 0 Å². The van der Waals surface area contributed by atoms with Gasteiger partial charge in [0.1, 0.15) is 5.75 Å². The summed E-state index contributed by atoms with van der Waals surface area (Å²) in [7, 11) is -3.50. The van der Waals surface area contributed by atoms with Crippen LogP contribution in [0.3, 0.4) is 0 Å². The fourth-order valence-corrected chi connectivity index (χ4v) is 3.82. The molecular formula is C23H24N2O4S. The summed E-state index contributed by atoms with van der Waals surface area (Å²) >= 11 is 0. The van der Waals surface area contributed by atoms with E-state index in [0.29, 0.717) is 29.3 Å². The number of carbonyl (C=O) groups excluding carboxylic acids is 1. The van der Waals surface area contributed by atoms with Gasteiger partial charge >= 0.3 is 0 Å². The maximum atomic E-state index is 12.4. The van der Waals surface area contributed by atoms with E-state index in [1.165, 1.54) is 10.6 Å². The van der Waals surface area contributed by atoms with Crippen molar-refractivity contribution in [3.8, 4) is 5.75 Å². The van der Waals surface area contributed by atoms with Crippen LogP contribution in [0.15, 0.2) is 78.9 Å². The van der Waals surface area contributed by atoms with Gasteiger partial charge in [-0.05, 0) is 61.0 Å². The third-order valence-electron chi connectivity index (χ3n) is 4.41. The minimum absolute atomic E-state index is 0.160. The average molecular weight is 425 g/mol. The molecule has 156 valence electrons. The highest BCUT2D eigenvalue weighted by Crippen LogP contribution is 2.24. The Morgan fingerprint density at radius 2 is 1.57 bits per heavy atom. The first-order valence-electron chi connectivity index (χ1n) is 9.52. The molecule has 0 aliphatic rings. The monoisotopic (exact) mass is 424 g/mol. The minimum Gasteiger partial charge on any atom is -0.494 e. The molecule has 0 radical (unpaired) electrons. The van der Waals surface area contributed by atoms with Crippen molar-refractivity contribution in [2.45, 2.75) is 13.5 Å². The first kappa shape index (κ1) is 21.4. The van der Waals surface area contributed by atoms with Crippen LogP contribution in [0.2, 0.25) is 0 Å². The molecule has 0 unspecified atom stereocenters. The zero-order valence-electron chi connectivity index (χ0n) is 16.9. The highest BCUT2D eigenvalue weighted by molar-refractivity contribution is 7.92. The molecule has 0 saturated heterocycles. The molecule has 3 aromatic carbocycles. The molecule has 3 rings (SSSR count). The zero-order valence-corrected chi connectivity index (χ0v) is 17.7. The first-order chi connectivity index (χ1) is 14.4. The standard InChI is InChI=1S/C23H24N2O4S/c1-3-29-22-15-13-21(14-16-22)25(30(2,27)28)17-18-9-11-19(12-10-18)23(26)24-20-7-5-4-6-8-20/h4-16H,3,17H2,1-2H3,(H,24,26). The molecule has 0 aliphatic heterocycles. The molecule has 0 heterocycles. The summed E-state index contributed by atoms with van der Waals surface area (Å²) in [5.74, 6) is 0.461. The summed E-state index contributed by atoms with van der Waals surface area (Å²) in [5, 5.41) is 2.83.